The van der Waals surface area contributed by atoms with Gasteiger partial charge in [0.05, 0.1) is 12.0 Å². The lowest BCUT2D eigenvalue weighted by molar-refractivity contribution is -0.390. The number of nitro groups is 1. The second-order valence-corrected chi connectivity index (χ2v) is 4.85. The number of rotatable bonds is 5. The Balaban J connectivity index is 1.73. The van der Waals surface area contributed by atoms with Gasteiger partial charge in [0.2, 0.25) is 5.75 Å². The van der Waals surface area contributed by atoms with Crippen LogP contribution in [0.3, 0.4) is 0 Å². The van der Waals surface area contributed by atoms with Gasteiger partial charge in [-0.25, -0.2) is 4.98 Å². The normalized spacial score (nSPS) is 10.5. The first kappa shape index (κ1) is 13.3. The Kier molecular flexibility index (Phi) is 3.61. The van der Waals surface area contributed by atoms with Crippen molar-refractivity contribution in [3.05, 3.63) is 57.9 Å². The molecular weight excluding hydrogens is 294 g/mol. The van der Waals surface area contributed by atoms with Crippen molar-refractivity contribution in [2.24, 2.45) is 0 Å². The summed E-state index contributed by atoms with van der Waals surface area (Å²) in [4.78, 5) is 18.3. The molecule has 21 heavy (non-hydrogen) atoms. The standard InChI is InChI=1S/C13H9N3O4S/c17-16(18)12-10(3-1-5-14-12)20-7-9-8-21-13(15-9)11-4-2-6-19-11/h1-6,8H,7H2. The molecule has 0 aromatic carbocycles. The molecule has 0 saturated carbocycles. The first-order valence-electron chi connectivity index (χ1n) is 5.94. The van der Waals surface area contributed by atoms with Gasteiger partial charge in [-0.1, -0.05) is 0 Å². The highest BCUT2D eigenvalue weighted by Crippen LogP contribution is 2.26. The summed E-state index contributed by atoms with van der Waals surface area (Å²) >= 11 is 1.42. The number of thiazole rings is 1. The number of hydrogen-bond donors (Lipinski definition) is 0. The maximum Gasteiger partial charge on any atom is 0.406 e. The molecule has 0 aliphatic carbocycles. The van der Waals surface area contributed by atoms with Crippen molar-refractivity contribution < 1.29 is 14.1 Å². The van der Waals surface area contributed by atoms with E-state index in [1.54, 1.807) is 18.4 Å². The van der Waals surface area contributed by atoms with Crippen molar-refractivity contribution >= 4 is 17.2 Å². The minimum Gasteiger partial charge on any atom is -0.479 e. The number of hydrogen-bond acceptors (Lipinski definition) is 7. The van der Waals surface area contributed by atoms with E-state index in [2.05, 4.69) is 9.97 Å². The van der Waals surface area contributed by atoms with Gasteiger partial charge < -0.3 is 19.3 Å². The Morgan fingerprint density at radius 1 is 1.38 bits per heavy atom. The van der Waals surface area contributed by atoms with E-state index in [9.17, 15) is 10.1 Å². The quantitative estimate of drug-likeness (QED) is 0.530. The Morgan fingerprint density at radius 3 is 3.05 bits per heavy atom. The fraction of sp³-hybridized carbons (Fsp3) is 0.0769. The van der Waals surface area contributed by atoms with Gasteiger partial charge in [-0.05, 0) is 34.2 Å². The van der Waals surface area contributed by atoms with Crippen LogP contribution in [0.5, 0.6) is 5.75 Å². The molecule has 0 atom stereocenters. The van der Waals surface area contributed by atoms with E-state index < -0.39 is 4.92 Å². The second kappa shape index (κ2) is 5.71. The van der Waals surface area contributed by atoms with Crippen LogP contribution in [-0.4, -0.2) is 14.9 Å². The molecule has 0 aliphatic rings. The maximum absolute atomic E-state index is 10.8. The molecule has 7 nitrogen and oxygen atoms in total. The number of nitrogens with zero attached hydrogens (tertiary/aromatic N) is 3. The van der Waals surface area contributed by atoms with Crippen LogP contribution in [0.1, 0.15) is 5.69 Å². The van der Waals surface area contributed by atoms with Crippen LogP contribution in [0.4, 0.5) is 5.82 Å². The summed E-state index contributed by atoms with van der Waals surface area (Å²) < 4.78 is 10.7. The molecule has 0 saturated heterocycles. The van der Waals surface area contributed by atoms with Crippen LogP contribution >= 0.6 is 11.3 Å². The molecule has 0 amide bonds. The molecule has 0 unspecified atom stereocenters. The lowest BCUT2D eigenvalue weighted by Gasteiger charge is -2.03. The topological polar surface area (TPSA) is 91.3 Å². The molecule has 8 heteroatoms. The molecular formula is C13H9N3O4S. The van der Waals surface area contributed by atoms with E-state index in [1.165, 1.54) is 23.6 Å². The van der Waals surface area contributed by atoms with Crippen LogP contribution in [-0.2, 0) is 6.61 Å². The van der Waals surface area contributed by atoms with Crippen molar-refractivity contribution in [2.45, 2.75) is 6.61 Å². The van der Waals surface area contributed by atoms with E-state index in [0.717, 1.165) is 5.01 Å². The van der Waals surface area contributed by atoms with E-state index in [0.29, 0.717) is 11.5 Å². The van der Waals surface area contributed by atoms with E-state index >= 15 is 0 Å². The molecule has 3 aromatic heterocycles. The van der Waals surface area contributed by atoms with E-state index in [4.69, 9.17) is 9.15 Å². The Hall–Kier alpha value is -2.74. The Morgan fingerprint density at radius 2 is 2.29 bits per heavy atom. The van der Waals surface area contributed by atoms with Crippen LogP contribution in [0.15, 0.2) is 46.5 Å². The van der Waals surface area contributed by atoms with Gasteiger partial charge >= 0.3 is 5.82 Å². The highest BCUT2D eigenvalue weighted by atomic mass is 32.1. The fourth-order valence-corrected chi connectivity index (χ4v) is 2.44. The summed E-state index contributed by atoms with van der Waals surface area (Å²) in [6.45, 7) is 0.129. The Labute approximate surface area is 123 Å². The average Bonchev–Trinajstić information content (AvgIpc) is 3.16. The van der Waals surface area contributed by atoms with Crippen molar-refractivity contribution in [3.63, 3.8) is 0 Å². The molecule has 0 radical (unpaired) electrons. The molecule has 3 aromatic rings. The summed E-state index contributed by atoms with van der Waals surface area (Å²) in [6.07, 6.45) is 2.93. The Bertz CT molecular complexity index is 754. The van der Waals surface area contributed by atoms with Gasteiger partial charge in [-0.2, -0.15) is 0 Å². The number of aromatic nitrogens is 2. The van der Waals surface area contributed by atoms with E-state index in [1.807, 2.05) is 11.4 Å². The first-order valence-corrected chi connectivity index (χ1v) is 6.82. The molecule has 0 fully saturated rings. The van der Waals surface area contributed by atoms with Crippen molar-refractivity contribution in [1.29, 1.82) is 0 Å². The van der Waals surface area contributed by atoms with Crippen molar-refractivity contribution in [1.82, 2.24) is 9.97 Å². The summed E-state index contributed by atoms with van der Waals surface area (Å²) in [5.74, 6) is 0.493. The molecule has 3 heterocycles. The smallest absolute Gasteiger partial charge is 0.406 e. The summed E-state index contributed by atoms with van der Waals surface area (Å²) in [7, 11) is 0. The summed E-state index contributed by atoms with van der Waals surface area (Å²) in [6, 6.07) is 6.68. The third kappa shape index (κ3) is 2.90. The zero-order valence-corrected chi connectivity index (χ0v) is 11.4. The SMILES string of the molecule is O=[N+]([O-])c1ncccc1OCc1csc(-c2ccco2)n1. The van der Waals surface area contributed by atoms with Gasteiger partial charge in [0, 0.05) is 5.38 Å². The molecule has 0 aliphatic heterocycles. The maximum atomic E-state index is 10.8. The van der Waals surface area contributed by atoms with Crippen molar-refractivity contribution in [2.75, 3.05) is 0 Å². The third-order valence-corrected chi connectivity index (χ3v) is 3.49. The third-order valence-electron chi connectivity index (χ3n) is 2.58. The van der Waals surface area contributed by atoms with Crippen LogP contribution in [0.25, 0.3) is 10.8 Å². The molecule has 106 valence electrons. The number of pyridine rings is 1. The lowest BCUT2D eigenvalue weighted by atomic mass is 10.4. The molecule has 3 rings (SSSR count). The average molecular weight is 303 g/mol. The number of furan rings is 1. The van der Waals surface area contributed by atoms with Gasteiger partial charge in [0.25, 0.3) is 0 Å². The van der Waals surface area contributed by atoms with Crippen molar-refractivity contribution in [3.8, 4) is 16.5 Å². The molecule has 0 N–H and O–H groups in total. The van der Waals surface area contributed by atoms with Gasteiger partial charge in [-0.15, -0.1) is 11.3 Å². The predicted octanol–water partition coefficient (Wildman–Crippen LogP) is 3.29. The van der Waals surface area contributed by atoms with Gasteiger partial charge in [0.1, 0.15) is 12.8 Å². The van der Waals surface area contributed by atoms with Crippen LogP contribution in [0, 0.1) is 10.1 Å². The zero-order valence-electron chi connectivity index (χ0n) is 10.6. The molecule has 0 bridgehead atoms. The van der Waals surface area contributed by atoms with E-state index in [-0.39, 0.29) is 18.2 Å². The summed E-state index contributed by atoms with van der Waals surface area (Å²) in [5, 5.41) is 13.4. The van der Waals surface area contributed by atoms with Gasteiger partial charge in [0.15, 0.2) is 10.8 Å². The minimum atomic E-state index is -0.579. The monoisotopic (exact) mass is 303 g/mol. The minimum absolute atomic E-state index is 0.120. The summed E-state index contributed by atoms with van der Waals surface area (Å²) in [5.41, 5.74) is 0.671. The van der Waals surface area contributed by atoms with Gasteiger partial charge in [-0.3, -0.25) is 0 Å². The largest absolute Gasteiger partial charge is 0.479 e. The lowest BCUT2D eigenvalue weighted by Crippen LogP contribution is -2.00. The highest BCUT2D eigenvalue weighted by molar-refractivity contribution is 7.13. The second-order valence-electron chi connectivity index (χ2n) is 3.99. The predicted molar refractivity (Wildman–Crippen MR) is 75.0 cm³/mol. The highest BCUT2D eigenvalue weighted by Gasteiger charge is 2.16. The van der Waals surface area contributed by atoms with Crippen LogP contribution in [0.2, 0.25) is 0 Å². The van der Waals surface area contributed by atoms with Crippen LogP contribution < -0.4 is 4.74 Å². The number of ether oxygens (including phenoxy) is 1. The fourth-order valence-electron chi connectivity index (χ4n) is 1.67. The zero-order chi connectivity index (χ0) is 14.7. The first-order chi connectivity index (χ1) is 10.2. The molecule has 0 spiro atoms.